The molecule has 1 heterocycles. The first-order valence-corrected chi connectivity index (χ1v) is 7.23. The molecule has 4 heteroatoms. The molecule has 1 aliphatic carbocycles. The van der Waals surface area contributed by atoms with Crippen molar-refractivity contribution >= 4 is 5.69 Å². The second kappa shape index (κ2) is 5.64. The van der Waals surface area contributed by atoms with Crippen LogP contribution in [-0.4, -0.2) is 17.7 Å². The average molecular weight is 284 g/mol. The fourth-order valence-corrected chi connectivity index (χ4v) is 2.91. The number of pyridine rings is 1. The van der Waals surface area contributed by atoms with E-state index in [4.69, 9.17) is 4.74 Å². The number of ether oxygens (including phenoxy) is 1. The van der Waals surface area contributed by atoms with Crippen molar-refractivity contribution in [3.63, 3.8) is 0 Å². The summed E-state index contributed by atoms with van der Waals surface area (Å²) in [6, 6.07) is 12.1. The van der Waals surface area contributed by atoms with Crippen LogP contribution in [0.5, 0.6) is 5.75 Å². The zero-order valence-corrected chi connectivity index (χ0v) is 12.4. The highest BCUT2D eigenvalue weighted by Gasteiger charge is 2.31. The summed E-state index contributed by atoms with van der Waals surface area (Å²) in [7, 11) is 3.49. The summed E-state index contributed by atoms with van der Waals surface area (Å²) in [4.78, 5) is 11.4. The van der Waals surface area contributed by atoms with Gasteiger partial charge in [-0.1, -0.05) is 18.2 Å². The van der Waals surface area contributed by atoms with Crippen LogP contribution in [0.1, 0.15) is 24.3 Å². The number of aryl methyl sites for hydroxylation is 1. The normalized spacial score (nSPS) is 20.7. The van der Waals surface area contributed by atoms with Gasteiger partial charge in [0.2, 0.25) is 5.56 Å². The predicted octanol–water partition coefficient (Wildman–Crippen LogP) is 2.75. The van der Waals surface area contributed by atoms with Crippen molar-refractivity contribution in [1.82, 2.24) is 4.57 Å². The molecule has 0 radical (unpaired) electrons. The van der Waals surface area contributed by atoms with Gasteiger partial charge >= 0.3 is 0 Å². The van der Waals surface area contributed by atoms with Crippen molar-refractivity contribution < 1.29 is 4.74 Å². The highest BCUT2D eigenvalue weighted by molar-refractivity contribution is 5.44. The fourth-order valence-electron chi connectivity index (χ4n) is 2.91. The molecule has 1 aromatic carbocycles. The summed E-state index contributed by atoms with van der Waals surface area (Å²) in [5, 5.41) is 3.48. The number of anilines is 1. The number of rotatable bonds is 4. The van der Waals surface area contributed by atoms with Gasteiger partial charge in [-0.05, 0) is 36.5 Å². The molecule has 0 bridgehead atoms. The van der Waals surface area contributed by atoms with E-state index in [0.29, 0.717) is 12.0 Å². The van der Waals surface area contributed by atoms with Gasteiger partial charge < -0.3 is 14.6 Å². The van der Waals surface area contributed by atoms with Crippen LogP contribution < -0.4 is 15.6 Å². The fraction of sp³-hybridized carbons (Fsp3) is 0.353. The molecule has 1 saturated carbocycles. The number of methoxy groups -OCH3 is 1. The van der Waals surface area contributed by atoms with Crippen molar-refractivity contribution in [3.05, 3.63) is 58.5 Å². The van der Waals surface area contributed by atoms with E-state index in [1.54, 1.807) is 24.8 Å². The molecule has 2 aromatic rings. The standard InChI is InChI=1S/C17H20N2O2/c1-19-11-13(7-8-17(19)20)18-14-9-12(10-14)15-5-3-4-6-16(15)21-2/h3-8,11-12,14,18H,9-10H2,1-2H3. The maximum Gasteiger partial charge on any atom is 0.250 e. The predicted molar refractivity (Wildman–Crippen MR) is 84.1 cm³/mol. The van der Waals surface area contributed by atoms with E-state index >= 15 is 0 Å². The van der Waals surface area contributed by atoms with Gasteiger partial charge in [0.05, 0.1) is 12.8 Å². The molecule has 110 valence electrons. The molecule has 1 N–H and O–H groups in total. The number of hydrogen-bond acceptors (Lipinski definition) is 3. The number of nitrogens with zero attached hydrogens (tertiary/aromatic N) is 1. The molecule has 0 amide bonds. The van der Waals surface area contributed by atoms with Crippen molar-refractivity contribution in [2.24, 2.45) is 7.05 Å². The topological polar surface area (TPSA) is 43.3 Å². The number of benzene rings is 1. The second-order valence-corrected chi connectivity index (χ2v) is 5.62. The Labute approximate surface area is 124 Å². The quantitative estimate of drug-likeness (QED) is 0.939. The van der Waals surface area contributed by atoms with Crippen LogP contribution in [0.4, 0.5) is 5.69 Å². The summed E-state index contributed by atoms with van der Waals surface area (Å²) in [5.41, 5.74) is 2.31. The summed E-state index contributed by atoms with van der Waals surface area (Å²) < 4.78 is 7.02. The van der Waals surface area contributed by atoms with E-state index in [1.165, 1.54) is 5.56 Å². The van der Waals surface area contributed by atoms with Gasteiger partial charge in [0.15, 0.2) is 0 Å². The summed E-state index contributed by atoms with van der Waals surface area (Å²) in [6.45, 7) is 0. The largest absolute Gasteiger partial charge is 0.496 e. The lowest BCUT2D eigenvalue weighted by Gasteiger charge is -2.37. The van der Waals surface area contributed by atoms with Crippen LogP contribution in [0.25, 0.3) is 0 Å². The molecule has 0 spiro atoms. The highest BCUT2D eigenvalue weighted by atomic mass is 16.5. The van der Waals surface area contributed by atoms with Gasteiger partial charge in [0.25, 0.3) is 0 Å². The molecule has 21 heavy (non-hydrogen) atoms. The van der Waals surface area contributed by atoms with E-state index in [2.05, 4.69) is 17.4 Å². The minimum Gasteiger partial charge on any atom is -0.496 e. The molecule has 1 fully saturated rings. The molecule has 0 atom stereocenters. The van der Waals surface area contributed by atoms with Crippen LogP contribution in [0.15, 0.2) is 47.4 Å². The smallest absolute Gasteiger partial charge is 0.250 e. The van der Waals surface area contributed by atoms with Gasteiger partial charge in [-0.25, -0.2) is 0 Å². The molecular weight excluding hydrogens is 264 g/mol. The molecule has 0 unspecified atom stereocenters. The SMILES string of the molecule is COc1ccccc1C1CC(Nc2ccc(=O)n(C)c2)C1. The van der Waals surface area contributed by atoms with Gasteiger partial charge in [-0.2, -0.15) is 0 Å². The third-order valence-corrected chi connectivity index (χ3v) is 4.17. The van der Waals surface area contributed by atoms with E-state index in [0.717, 1.165) is 24.3 Å². The van der Waals surface area contributed by atoms with Crippen LogP contribution in [0, 0.1) is 0 Å². The van der Waals surface area contributed by atoms with Crippen LogP contribution in [0.2, 0.25) is 0 Å². The Hall–Kier alpha value is -2.23. The van der Waals surface area contributed by atoms with Gasteiger partial charge in [0, 0.05) is 25.4 Å². The first-order chi connectivity index (χ1) is 10.2. The maximum absolute atomic E-state index is 11.4. The zero-order chi connectivity index (χ0) is 14.8. The minimum absolute atomic E-state index is 0.0149. The van der Waals surface area contributed by atoms with Gasteiger partial charge in [-0.3, -0.25) is 4.79 Å². The molecule has 1 aliphatic rings. The molecule has 0 aliphatic heterocycles. The third-order valence-electron chi connectivity index (χ3n) is 4.17. The van der Waals surface area contributed by atoms with Crippen LogP contribution in [0.3, 0.4) is 0 Å². The minimum atomic E-state index is 0.0149. The van der Waals surface area contributed by atoms with E-state index in [1.807, 2.05) is 24.4 Å². The Morgan fingerprint density at radius 1 is 1.19 bits per heavy atom. The number of aromatic nitrogens is 1. The first-order valence-electron chi connectivity index (χ1n) is 7.23. The highest BCUT2D eigenvalue weighted by Crippen LogP contribution is 2.41. The molecule has 0 saturated heterocycles. The molecule has 1 aromatic heterocycles. The summed E-state index contributed by atoms with van der Waals surface area (Å²) in [6.07, 6.45) is 4.02. The lowest BCUT2D eigenvalue weighted by Crippen LogP contribution is -2.34. The summed E-state index contributed by atoms with van der Waals surface area (Å²) in [5.74, 6) is 1.52. The molecular formula is C17H20N2O2. The number of para-hydroxylation sites is 1. The number of hydrogen-bond donors (Lipinski definition) is 1. The lowest BCUT2D eigenvalue weighted by atomic mass is 9.75. The van der Waals surface area contributed by atoms with Crippen molar-refractivity contribution in [1.29, 1.82) is 0 Å². The van der Waals surface area contributed by atoms with Gasteiger partial charge in [0.1, 0.15) is 5.75 Å². The summed E-state index contributed by atoms with van der Waals surface area (Å²) >= 11 is 0. The maximum atomic E-state index is 11.4. The molecule has 4 nitrogen and oxygen atoms in total. The van der Waals surface area contributed by atoms with E-state index < -0.39 is 0 Å². The zero-order valence-electron chi connectivity index (χ0n) is 12.4. The Balaban J connectivity index is 1.63. The average Bonchev–Trinajstić information content (AvgIpc) is 2.46. The Bertz CT molecular complexity index is 687. The second-order valence-electron chi connectivity index (χ2n) is 5.62. The molecule has 3 rings (SSSR count). The third kappa shape index (κ3) is 2.79. The van der Waals surface area contributed by atoms with Crippen molar-refractivity contribution in [2.45, 2.75) is 24.8 Å². The Morgan fingerprint density at radius 3 is 2.67 bits per heavy atom. The Kier molecular flexibility index (Phi) is 3.69. The van der Waals surface area contributed by atoms with Crippen LogP contribution in [-0.2, 0) is 7.05 Å². The van der Waals surface area contributed by atoms with E-state index in [9.17, 15) is 4.79 Å². The van der Waals surface area contributed by atoms with Crippen LogP contribution >= 0.6 is 0 Å². The van der Waals surface area contributed by atoms with Gasteiger partial charge in [-0.15, -0.1) is 0 Å². The van der Waals surface area contributed by atoms with Crippen molar-refractivity contribution in [3.8, 4) is 5.75 Å². The monoisotopic (exact) mass is 284 g/mol. The first kappa shape index (κ1) is 13.7. The lowest BCUT2D eigenvalue weighted by molar-refractivity contribution is 0.349. The number of nitrogens with one attached hydrogen (secondary N) is 1. The Morgan fingerprint density at radius 2 is 1.95 bits per heavy atom. The van der Waals surface area contributed by atoms with Crippen molar-refractivity contribution in [2.75, 3.05) is 12.4 Å². The van der Waals surface area contributed by atoms with E-state index in [-0.39, 0.29) is 5.56 Å².